The van der Waals surface area contributed by atoms with Gasteiger partial charge in [0.1, 0.15) is 12.1 Å². The van der Waals surface area contributed by atoms with Crippen molar-refractivity contribution in [2.75, 3.05) is 19.0 Å². The highest BCUT2D eigenvalue weighted by Gasteiger charge is 2.32. The summed E-state index contributed by atoms with van der Waals surface area (Å²) >= 11 is 0. The highest BCUT2D eigenvalue weighted by atomic mass is 16.5. The Kier molecular flexibility index (Phi) is 4.99. The van der Waals surface area contributed by atoms with E-state index in [9.17, 15) is 24.0 Å². The van der Waals surface area contributed by atoms with E-state index in [1.807, 2.05) is 0 Å². The van der Waals surface area contributed by atoms with Gasteiger partial charge in [-0.3, -0.25) is 28.9 Å². The molecule has 4 rings (SSSR count). The number of rotatable bonds is 5. The average Bonchev–Trinajstić information content (AvgIpc) is 2.98. The van der Waals surface area contributed by atoms with Crippen LogP contribution in [0.2, 0.25) is 0 Å². The number of amides is 3. The van der Waals surface area contributed by atoms with Crippen LogP contribution in [0.1, 0.15) is 20.7 Å². The lowest BCUT2D eigenvalue weighted by Gasteiger charge is -2.08. The van der Waals surface area contributed by atoms with Crippen LogP contribution in [0.3, 0.4) is 0 Å². The van der Waals surface area contributed by atoms with E-state index in [1.54, 1.807) is 24.3 Å². The Morgan fingerprint density at radius 3 is 2.58 bits per heavy atom. The van der Waals surface area contributed by atoms with Gasteiger partial charge < -0.3 is 10.1 Å². The molecule has 0 atom stereocenters. The lowest BCUT2D eigenvalue weighted by molar-refractivity contribution is -0.148. The van der Waals surface area contributed by atoms with Gasteiger partial charge in [-0.05, 0) is 30.3 Å². The van der Waals surface area contributed by atoms with E-state index in [1.165, 1.54) is 25.2 Å². The number of carbonyl (C=O) groups is 4. The minimum absolute atomic E-state index is 0.177. The van der Waals surface area contributed by atoms with Gasteiger partial charge in [-0.25, -0.2) is 0 Å². The van der Waals surface area contributed by atoms with Crippen molar-refractivity contribution in [3.05, 3.63) is 63.9 Å². The zero-order valence-corrected chi connectivity index (χ0v) is 16.2. The monoisotopic (exact) mass is 421 g/mol. The van der Waals surface area contributed by atoms with Crippen LogP contribution in [-0.2, 0) is 20.9 Å². The van der Waals surface area contributed by atoms with Crippen molar-refractivity contribution < 1.29 is 23.9 Å². The minimum atomic E-state index is -0.849. The molecule has 156 valence electrons. The number of imide groups is 1. The largest absolute Gasteiger partial charge is 0.454 e. The van der Waals surface area contributed by atoms with Crippen LogP contribution >= 0.6 is 0 Å². The molecular weight excluding hydrogens is 406 g/mol. The molecule has 11 heteroatoms. The van der Waals surface area contributed by atoms with Crippen molar-refractivity contribution in [2.45, 2.75) is 6.54 Å². The van der Waals surface area contributed by atoms with Gasteiger partial charge in [0.05, 0.1) is 16.5 Å². The lowest BCUT2D eigenvalue weighted by atomic mass is 10.1. The van der Waals surface area contributed by atoms with E-state index in [2.05, 4.69) is 15.6 Å². The number of nitrogens with zero attached hydrogens (tertiary/aromatic N) is 4. The molecular formula is C20H15N5O6. The molecule has 1 aromatic heterocycles. The van der Waals surface area contributed by atoms with Crippen molar-refractivity contribution in [3.8, 4) is 0 Å². The van der Waals surface area contributed by atoms with Gasteiger partial charge in [0, 0.05) is 12.7 Å². The Bertz CT molecular complexity index is 1310. The van der Waals surface area contributed by atoms with Gasteiger partial charge >= 0.3 is 5.97 Å². The van der Waals surface area contributed by atoms with E-state index in [0.717, 1.165) is 9.58 Å². The molecule has 0 aliphatic carbocycles. The average molecular weight is 421 g/mol. The van der Waals surface area contributed by atoms with E-state index in [-0.39, 0.29) is 16.8 Å². The third kappa shape index (κ3) is 3.75. The molecule has 3 amide bonds. The fourth-order valence-electron chi connectivity index (χ4n) is 3.08. The Labute approximate surface area is 174 Å². The first-order chi connectivity index (χ1) is 14.8. The molecule has 0 bridgehead atoms. The van der Waals surface area contributed by atoms with Crippen LogP contribution in [0.4, 0.5) is 5.69 Å². The highest BCUT2D eigenvalue weighted by Crippen LogP contribution is 2.24. The molecule has 1 aliphatic rings. The number of anilines is 1. The van der Waals surface area contributed by atoms with Crippen LogP contribution in [0.15, 0.2) is 47.3 Å². The van der Waals surface area contributed by atoms with Gasteiger partial charge in [0.15, 0.2) is 6.61 Å². The quantitative estimate of drug-likeness (QED) is 0.455. The maximum Gasteiger partial charge on any atom is 0.328 e. The van der Waals surface area contributed by atoms with Crippen LogP contribution < -0.4 is 10.9 Å². The number of aromatic nitrogens is 3. The van der Waals surface area contributed by atoms with E-state index < -0.39 is 42.4 Å². The van der Waals surface area contributed by atoms with E-state index in [0.29, 0.717) is 10.9 Å². The first kappa shape index (κ1) is 19.9. The zero-order valence-electron chi connectivity index (χ0n) is 16.2. The van der Waals surface area contributed by atoms with E-state index >= 15 is 0 Å². The predicted molar refractivity (Wildman–Crippen MR) is 106 cm³/mol. The first-order valence-corrected chi connectivity index (χ1v) is 9.09. The normalized spacial score (nSPS) is 12.7. The number of nitrogens with one attached hydrogen (secondary N) is 1. The SMILES string of the molecule is CN1C(=O)c2ccc(NC(=O)COC(=O)Cn3nnc4ccccc4c3=O)cc2C1=O. The molecule has 0 radical (unpaired) electrons. The molecule has 11 nitrogen and oxygen atoms in total. The third-order valence-corrected chi connectivity index (χ3v) is 4.65. The van der Waals surface area contributed by atoms with Crippen LogP contribution in [-0.4, -0.2) is 57.2 Å². The second-order valence-electron chi connectivity index (χ2n) is 6.71. The number of hydrogen-bond donors (Lipinski definition) is 1. The topological polar surface area (TPSA) is 141 Å². The fraction of sp³-hybridized carbons (Fsp3) is 0.150. The number of benzene rings is 2. The van der Waals surface area contributed by atoms with Crippen LogP contribution in [0, 0.1) is 0 Å². The number of esters is 1. The van der Waals surface area contributed by atoms with Gasteiger partial charge in [-0.1, -0.05) is 17.3 Å². The molecule has 1 aliphatic heterocycles. The predicted octanol–water partition coefficient (Wildman–Crippen LogP) is 0.199. The zero-order chi connectivity index (χ0) is 22.1. The molecule has 0 unspecified atom stereocenters. The molecule has 0 fully saturated rings. The van der Waals surface area contributed by atoms with Crippen LogP contribution in [0.25, 0.3) is 10.9 Å². The molecule has 0 saturated heterocycles. The summed E-state index contributed by atoms with van der Waals surface area (Å²) in [6.07, 6.45) is 0. The first-order valence-electron chi connectivity index (χ1n) is 9.09. The fourth-order valence-corrected chi connectivity index (χ4v) is 3.08. The summed E-state index contributed by atoms with van der Waals surface area (Å²) in [5.74, 6) is -2.39. The number of fused-ring (bicyclic) bond motifs is 2. The summed E-state index contributed by atoms with van der Waals surface area (Å²) in [4.78, 5) is 61.3. The van der Waals surface area contributed by atoms with Gasteiger partial charge in [-0.2, -0.15) is 4.68 Å². The van der Waals surface area contributed by atoms with Crippen molar-refractivity contribution in [2.24, 2.45) is 0 Å². The smallest absolute Gasteiger partial charge is 0.328 e. The van der Waals surface area contributed by atoms with E-state index in [4.69, 9.17) is 4.74 Å². The summed E-state index contributed by atoms with van der Waals surface area (Å²) in [7, 11) is 1.37. The molecule has 2 aromatic carbocycles. The molecule has 3 aromatic rings. The van der Waals surface area contributed by atoms with Crippen molar-refractivity contribution >= 4 is 40.3 Å². The molecule has 31 heavy (non-hydrogen) atoms. The van der Waals surface area contributed by atoms with Crippen molar-refractivity contribution in [1.29, 1.82) is 0 Å². The molecule has 0 spiro atoms. The second kappa shape index (κ2) is 7.78. The third-order valence-electron chi connectivity index (χ3n) is 4.65. The standard InChI is InChI=1S/C20H15N5O6/c1-24-18(28)12-7-6-11(8-14(12)19(24)29)21-16(26)10-31-17(27)9-25-20(30)13-4-2-3-5-15(13)22-23-25/h2-8H,9-10H2,1H3,(H,21,26). The summed E-state index contributed by atoms with van der Waals surface area (Å²) in [6, 6.07) is 10.8. The Hall–Kier alpha value is -4.41. The van der Waals surface area contributed by atoms with Gasteiger partial charge in [0.2, 0.25) is 0 Å². The number of ether oxygens (including phenoxy) is 1. The number of hydrogen-bond acceptors (Lipinski definition) is 8. The van der Waals surface area contributed by atoms with Crippen molar-refractivity contribution in [3.63, 3.8) is 0 Å². The van der Waals surface area contributed by atoms with Gasteiger partial charge in [-0.15, -0.1) is 5.10 Å². The summed E-state index contributed by atoms with van der Waals surface area (Å²) in [6.45, 7) is -1.12. The second-order valence-corrected chi connectivity index (χ2v) is 6.71. The maximum atomic E-state index is 12.3. The summed E-state index contributed by atoms with van der Waals surface area (Å²) in [5, 5.41) is 10.3. The molecule has 0 saturated carbocycles. The summed E-state index contributed by atoms with van der Waals surface area (Å²) < 4.78 is 5.74. The van der Waals surface area contributed by atoms with Gasteiger partial charge in [0.25, 0.3) is 23.3 Å². The van der Waals surface area contributed by atoms with Crippen molar-refractivity contribution in [1.82, 2.24) is 19.9 Å². The van der Waals surface area contributed by atoms with Crippen LogP contribution in [0.5, 0.6) is 0 Å². The maximum absolute atomic E-state index is 12.3. The molecule has 1 N–H and O–H groups in total. The number of carbonyl (C=O) groups excluding carboxylic acids is 4. The minimum Gasteiger partial charge on any atom is -0.454 e. The Balaban J connectivity index is 1.36. The Morgan fingerprint density at radius 2 is 1.77 bits per heavy atom. The summed E-state index contributed by atoms with van der Waals surface area (Å²) in [5.41, 5.74) is 0.592. The lowest BCUT2D eigenvalue weighted by Crippen LogP contribution is -2.30. The molecule has 2 heterocycles. The highest BCUT2D eigenvalue weighted by molar-refractivity contribution is 6.21. The Morgan fingerprint density at radius 1 is 1.03 bits per heavy atom.